The van der Waals surface area contributed by atoms with Gasteiger partial charge in [-0.2, -0.15) is 0 Å². The number of ether oxygens (including phenoxy) is 1. The maximum atomic E-state index is 12.9. The van der Waals surface area contributed by atoms with E-state index in [4.69, 9.17) is 4.74 Å². The Bertz CT molecular complexity index is 388. The first kappa shape index (κ1) is 23.8. The second-order valence-corrected chi connectivity index (χ2v) is 10.7. The maximum Gasteiger partial charge on any atom is 0.309 e. The fourth-order valence-electron chi connectivity index (χ4n) is 3.18. The molecule has 0 aliphatic carbocycles. The van der Waals surface area contributed by atoms with Crippen molar-refractivity contribution in [1.29, 1.82) is 0 Å². The summed E-state index contributed by atoms with van der Waals surface area (Å²) < 4.78 is 15.0. The summed E-state index contributed by atoms with van der Waals surface area (Å²) in [6.07, 6.45) is 4.48. The van der Waals surface area contributed by atoms with Crippen LogP contribution in [0, 0.1) is 17.3 Å². The van der Waals surface area contributed by atoms with E-state index in [1.165, 1.54) is 0 Å². The van der Waals surface area contributed by atoms with E-state index in [-0.39, 0.29) is 22.0 Å². The minimum absolute atomic E-state index is 0.0564. The topological polar surface area (TPSA) is 46.5 Å². The normalized spacial score (nSPS) is 15.9. The van der Waals surface area contributed by atoms with Crippen molar-refractivity contribution in [2.75, 3.05) is 0 Å². The van der Waals surface area contributed by atoms with Crippen LogP contribution < -0.4 is 0 Å². The maximum absolute atomic E-state index is 12.9. The fraction of sp³-hybridized carbons (Fsp3) is 0.950. The molecule has 0 aliphatic heterocycles. The van der Waals surface area contributed by atoms with Gasteiger partial charge in [0.2, 0.25) is 0 Å². The van der Waals surface area contributed by atoms with Crippen LogP contribution >= 0.6 is 12.0 Å². The molecule has 0 saturated heterocycles. The molecule has 0 aliphatic rings. The van der Waals surface area contributed by atoms with Crippen LogP contribution in [0.4, 0.5) is 0 Å². The SMILES string of the molecule is CCC(C)CC(CC(C)(C)CC)C(=O)OC(C)(C)CC(C)(C)SO. The van der Waals surface area contributed by atoms with Crippen LogP contribution in [0.25, 0.3) is 0 Å². The van der Waals surface area contributed by atoms with E-state index in [1.807, 2.05) is 27.7 Å². The summed E-state index contributed by atoms with van der Waals surface area (Å²) in [5, 5.41) is 0. The van der Waals surface area contributed by atoms with E-state index in [2.05, 4.69) is 34.6 Å². The molecule has 0 aromatic carbocycles. The first-order chi connectivity index (χ1) is 10.8. The Morgan fingerprint density at radius 1 is 1.12 bits per heavy atom. The summed E-state index contributed by atoms with van der Waals surface area (Å²) >= 11 is 0.826. The Morgan fingerprint density at radius 3 is 2.08 bits per heavy atom. The van der Waals surface area contributed by atoms with E-state index in [0.29, 0.717) is 12.3 Å². The molecule has 0 amide bonds. The molecule has 0 radical (unpaired) electrons. The minimum atomic E-state index is -0.583. The van der Waals surface area contributed by atoms with Crippen molar-refractivity contribution < 1.29 is 14.1 Å². The first-order valence-corrected chi connectivity index (χ1v) is 10.1. The van der Waals surface area contributed by atoms with Gasteiger partial charge in [-0.1, -0.05) is 47.5 Å². The van der Waals surface area contributed by atoms with Crippen molar-refractivity contribution >= 4 is 18.0 Å². The number of hydrogen-bond donors (Lipinski definition) is 1. The fourth-order valence-corrected chi connectivity index (χ4v) is 3.59. The highest BCUT2D eigenvalue weighted by atomic mass is 32.2. The van der Waals surface area contributed by atoms with Crippen molar-refractivity contribution in [3.05, 3.63) is 0 Å². The molecule has 0 saturated carbocycles. The molecule has 0 aromatic rings. The molecular formula is C20H40O3S. The third-order valence-electron chi connectivity index (χ3n) is 4.95. The predicted molar refractivity (Wildman–Crippen MR) is 105 cm³/mol. The van der Waals surface area contributed by atoms with Crippen LogP contribution in [-0.4, -0.2) is 20.9 Å². The lowest BCUT2D eigenvalue weighted by atomic mass is 9.77. The third-order valence-corrected chi connectivity index (χ3v) is 5.59. The molecule has 24 heavy (non-hydrogen) atoms. The minimum Gasteiger partial charge on any atom is -0.459 e. The molecule has 2 unspecified atom stereocenters. The number of hydrogen-bond acceptors (Lipinski definition) is 4. The van der Waals surface area contributed by atoms with Crippen molar-refractivity contribution in [3.8, 4) is 0 Å². The largest absolute Gasteiger partial charge is 0.459 e. The van der Waals surface area contributed by atoms with Gasteiger partial charge in [0.25, 0.3) is 0 Å². The van der Waals surface area contributed by atoms with Gasteiger partial charge in [0, 0.05) is 11.2 Å². The molecule has 0 aromatic heterocycles. The van der Waals surface area contributed by atoms with Crippen molar-refractivity contribution in [1.82, 2.24) is 0 Å². The Morgan fingerprint density at radius 2 is 1.67 bits per heavy atom. The molecular weight excluding hydrogens is 320 g/mol. The van der Waals surface area contributed by atoms with E-state index >= 15 is 0 Å². The van der Waals surface area contributed by atoms with Gasteiger partial charge in [0.15, 0.2) is 0 Å². The second-order valence-electron chi connectivity index (χ2n) is 9.38. The molecule has 3 nitrogen and oxygen atoms in total. The zero-order valence-corrected chi connectivity index (χ0v) is 18.2. The van der Waals surface area contributed by atoms with Crippen LogP contribution in [0.3, 0.4) is 0 Å². The van der Waals surface area contributed by atoms with Gasteiger partial charge < -0.3 is 9.29 Å². The van der Waals surface area contributed by atoms with Crippen LogP contribution in [0.15, 0.2) is 0 Å². The second kappa shape index (κ2) is 9.47. The number of rotatable bonds is 11. The van der Waals surface area contributed by atoms with Crippen LogP contribution in [0.1, 0.15) is 94.4 Å². The average Bonchev–Trinajstić information content (AvgIpc) is 2.44. The summed E-state index contributed by atoms with van der Waals surface area (Å²) in [7, 11) is 0. The molecule has 1 N–H and O–H groups in total. The molecule has 0 heterocycles. The summed E-state index contributed by atoms with van der Waals surface area (Å²) in [5.74, 6) is 0.377. The Kier molecular flexibility index (Phi) is 9.38. The van der Waals surface area contributed by atoms with Crippen LogP contribution in [0.5, 0.6) is 0 Å². The Balaban J connectivity index is 5.09. The Labute approximate surface area is 154 Å². The monoisotopic (exact) mass is 360 g/mol. The highest BCUT2D eigenvalue weighted by molar-refractivity contribution is 7.95. The number of esters is 1. The summed E-state index contributed by atoms with van der Waals surface area (Å²) in [6, 6.07) is 0. The number of carbonyl (C=O) groups is 1. The molecule has 0 fully saturated rings. The summed E-state index contributed by atoms with van der Waals surface area (Å²) in [6.45, 7) is 18.8. The summed E-state index contributed by atoms with van der Waals surface area (Å²) in [5.41, 5.74) is -0.443. The van der Waals surface area contributed by atoms with E-state index in [0.717, 1.165) is 37.7 Å². The average molecular weight is 361 g/mol. The third kappa shape index (κ3) is 9.31. The van der Waals surface area contributed by atoms with E-state index in [9.17, 15) is 9.35 Å². The highest BCUT2D eigenvalue weighted by Gasteiger charge is 2.36. The van der Waals surface area contributed by atoms with E-state index in [1.54, 1.807) is 0 Å². The highest BCUT2D eigenvalue weighted by Crippen LogP contribution is 2.36. The standard InChI is InChI=1S/C20H40O3S/c1-10-15(3)12-16(13-18(4,5)11-2)17(21)23-19(6,7)14-20(8,9)24-22/h15-16,22H,10-14H2,1-9H3. The van der Waals surface area contributed by atoms with E-state index < -0.39 is 5.60 Å². The van der Waals surface area contributed by atoms with Crippen LogP contribution in [0.2, 0.25) is 0 Å². The lowest BCUT2D eigenvalue weighted by Crippen LogP contribution is -2.38. The zero-order valence-electron chi connectivity index (χ0n) is 17.4. The first-order valence-electron chi connectivity index (χ1n) is 9.33. The summed E-state index contributed by atoms with van der Waals surface area (Å²) in [4.78, 5) is 12.9. The molecule has 0 bridgehead atoms. The number of carbonyl (C=O) groups excluding carboxylic acids is 1. The quantitative estimate of drug-likeness (QED) is 0.335. The van der Waals surface area contributed by atoms with Crippen molar-refractivity contribution in [3.63, 3.8) is 0 Å². The lowest BCUT2D eigenvalue weighted by molar-refractivity contribution is -0.164. The molecule has 0 spiro atoms. The van der Waals surface area contributed by atoms with Gasteiger partial charge in [-0.05, 0) is 63.9 Å². The van der Waals surface area contributed by atoms with Gasteiger partial charge in [-0.3, -0.25) is 4.79 Å². The predicted octanol–water partition coefficient (Wildman–Crippen LogP) is 6.56. The van der Waals surface area contributed by atoms with Gasteiger partial charge in [-0.25, -0.2) is 0 Å². The van der Waals surface area contributed by atoms with Gasteiger partial charge in [0.05, 0.1) is 5.92 Å². The molecule has 0 rings (SSSR count). The van der Waals surface area contributed by atoms with Crippen molar-refractivity contribution in [2.24, 2.45) is 17.3 Å². The van der Waals surface area contributed by atoms with Gasteiger partial charge >= 0.3 is 5.97 Å². The lowest BCUT2D eigenvalue weighted by Gasteiger charge is -2.35. The van der Waals surface area contributed by atoms with Crippen LogP contribution in [-0.2, 0) is 9.53 Å². The van der Waals surface area contributed by atoms with Gasteiger partial charge in [0.1, 0.15) is 5.60 Å². The molecule has 144 valence electrons. The molecule has 4 heteroatoms. The van der Waals surface area contributed by atoms with Crippen molar-refractivity contribution in [2.45, 2.75) is 105 Å². The van der Waals surface area contributed by atoms with Gasteiger partial charge in [-0.15, -0.1) is 0 Å². The molecule has 2 atom stereocenters. The Hall–Kier alpha value is -0.220. The smallest absolute Gasteiger partial charge is 0.309 e. The zero-order chi connectivity index (χ0) is 19.2.